The van der Waals surface area contributed by atoms with Crippen molar-refractivity contribution in [2.45, 2.75) is 25.9 Å². The molecule has 0 unspecified atom stereocenters. The van der Waals surface area contributed by atoms with Gasteiger partial charge in [-0.25, -0.2) is 4.98 Å². The minimum atomic E-state index is -0.274. The Morgan fingerprint density at radius 1 is 1.32 bits per heavy atom. The van der Waals surface area contributed by atoms with Gasteiger partial charge in [0, 0.05) is 70.7 Å². The minimum Gasteiger partial charge on any atom is -0.348 e. The van der Waals surface area contributed by atoms with Gasteiger partial charge in [-0.3, -0.25) is 19.3 Å². The normalized spacial score (nSPS) is 26.2. The quantitative estimate of drug-likeness (QED) is 0.762. The number of hydrogen-bond acceptors (Lipinski definition) is 6. The fourth-order valence-electron chi connectivity index (χ4n) is 5.01. The molecule has 0 N–H and O–H groups in total. The van der Waals surface area contributed by atoms with Gasteiger partial charge >= 0.3 is 0 Å². The van der Waals surface area contributed by atoms with Gasteiger partial charge in [-0.2, -0.15) is 5.10 Å². The summed E-state index contributed by atoms with van der Waals surface area (Å²) in [5, 5.41) is 7.50. The van der Waals surface area contributed by atoms with Crippen LogP contribution in [0.5, 0.6) is 0 Å². The zero-order valence-electron chi connectivity index (χ0n) is 17.0. The number of carbonyl (C=O) groups excluding carboxylic acids is 1. The van der Waals surface area contributed by atoms with Crippen molar-refractivity contribution in [1.29, 1.82) is 0 Å². The number of hydrogen-bond donors (Lipinski definition) is 0. The predicted molar refractivity (Wildman–Crippen MR) is 110 cm³/mol. The summed E-state index contributed by atoms with van der Waals surface area (Å²) in [5.74, 6) is 0.642. The standard InChI is InChI=1S/C20H30N6OS/c1-23(2)19(27)20-5-4-7-25(14-18-21-6-8-28-18)12-17(20)13-26(15-20)11-16-9-22-24(3)10-16/h6,8-10,17H,4-5,7,11-15H2,1-3H3/t17-,20-/m0/s1. The van der Waals surface area contributed by atoms with E-state index in [0.29, 0.717) is 11.8 Å². The molecule has 2 atom stereocenters. The zero-order chi connectivity index (χ0) is 19.7. The second-order valence-corrected chi connectivity index (χ2v) is 9.49. The number of carbonyl (C=O) groups is 1. The Hall–Kier alpha value is -1.77. The monoisotopic (exact) mass is 402 g/mol. The van der Waals surface area contributed by atoms with E-state index in [2.05, 4.69) is 26.1 Å². The number of thiazole rings is 1. The molecule has 0 bridgehead atoms. The van der Waals surface area contributed by atoms with Gasteiger partial charge in [0.1, 0.15) is 5.01 Å². The van der Waals surface area contributed by atoms with Crippen molar-refractivity contribution >= 4 is 17.2 Å². The molecule has 0 spiro atoms. The summed E-state index contributed by atoms with van der Waals surface area (Å²) in [5.41, 5.74) is 0.939. The summed E-state index contributed by atoms with van der Waals surface area (Å²) in [6.07, 6.45) is 7.91. The average Bonchev–Trinajstić information content (AvgIpc) is 3.35. The molecule has 4 rings (SSSR count). The van der Waals surface area contributed by atoms with Crippen LogP contribution in [0.15, 0.2) is 24.0 Å². The summed E-state index contributed by atoms with van der Waals surface area (Å²) in [6.45, 7) is 5.56. The molecule has 0 aliphatic carbocycles. The molecule has 0 saturated carbocycles. The van der Waals surface area contributed by atoms with Gasteiger partial charge in [-0.1, -0.05) is 0 Å². The number of amides is 1. The maximum absolute atomic E-state index is 13.3. The van der Waals surface area contributed by atoms with E-state index in [9.17, 15) is 4.79 Å². The molecule has 2 aliphatic rings. The van der Waals surface area contributed by atoms with Crippen LogP contribution in [0.2, 0.25) is 0 Å². The average molecular weight is 403 g/mol. The van der Waals surface area contributed by atoms with E-state index in [0.717, 1.165) is 57.1 Å². The number of aromatic nitrogens is 3. The van der Waals surface area contributed by atoms with Crippen LogP contribution in [0.1, 0.15) is 23.4 Å². The Kier molecular flexibility index (Phi) is 5.53. The summed E-state index contributed by atoms with van der Waals surface area (Å²) in [7, 11) is 5.75. The van der Waals surface area contributed by atoms with Crippen LogP contribution in [0.4, 0.5) is 0 Å². The molecule has 2 aliphatic heterocycles. The lowest BCUT2D eigenvalue weighted by Gasteiger charge is -2.35. The molecule has 4 heterocycles. The zero-order valence-corrected chi connectivity index (χ0v) is 17.9. The predicted octanol–water partition coefficient (Wildman–Crippen LogP) is 1.68. The highest BCUT2D eigenvalue weighted by Gasteiger charge is 2.53. The molecule has 8 heteroatoms. The summed E-state index contributed by atoms with van der Waals surface area (Å²) in [4.78, 5) is 24.6. The number of likely N-dealkylation sites (tertiary alicyclic amines) is 2. The third-order valence-corrected chi connectivity index (χ3v) is 6.94. The van der Waals surface area contributed by atoms with E-state index in [1.54, 1.807) is 16.2 Å². The molecular formula is C20H30N6OS. The first-order valence-electron chi connectivity index (χ1n) is 9.98. The van der Waals surface area contributed by atoms with Crippen LogP contribution in [0.3, 0.4) is 0 Å². The molecule has 2 saturated heterocycles. The Bertz CT molecular complexity index is 803. The van der Waals surface area contributed by atoms with Crippen LogP contribution in [-0.4, -0.2) is 75.6 Å². The molecular weight excluding hydrogens is 372 g/mol. The number of nitrogens with zero attached hydrogens (tertiary/aromatic N) is 6. The second kappa shape index (κ2) is 7.93. The molecule has 0 aromatic carbocycles. The van der Waals surface area contributed by atoms with Gasteiger partial charge in [-0.05, 0) is 25.3 Å². The van der Waals surface area contributed by atoms with Crippen molar-refractivity contribution in [2.75, 3.05) is 40.3 Å². The van der Waals surface area contributed by atoms with Crippen molar-refractivity contribution in [3.05, 3.63) is 34.5 Å². The maximum atomic E-state index is 13.3. The Labute approximate surface area is 170 Å². The molecule has 2 aromatic heterocycles. The minimum absolute atomic E-state index is 0.274. The first kappa shape index (κ1) is 19.5. The van der Waals surface area contributed by atoms with Gasteiger partial charge in [0.25, 0.3) is 0 Å². The number of aryl methyl sites for hydroxylation is 1. The highest BCUT2D eigenvalue weighted by Crippen LogP contribution is 2.44. The Balaban J connectivity index is 1.54. The van der Waals surface area contributed by atoms with Crippen LogP contribution in [0, 0.1) is 11.3 Å². The fraction of sp³-hybridized carbons (Fsp3) is 0.650. The molecule has 1 amide bonds. The largest absolute Gasteiger partial charge is 0.348 e. The van der Waals surface area contributed by atoms with Gasteiger partial charge in [0.15, 0.2) is 0 Å². The van der Waals surface area contributed by atoms with E-state index in [4.69, 9.17) is 0 Å². The van der Waals surface area contributed by atoms with Crippen molar-refractivity contribution in [3.8, 4) is 0 Å². The van der Waals surface area contributed by atoms with Gasteiger partial charge in [0.05, 0.1) is 18.2 Å². The summed E-state index contributed by atoms with van der Waals surface area (Å²) >= 11 is 1.72. The van der Waals surface area contributed by atoms with E-state index in [-0.39, 0.29) is 5.41 Å². The van der Waals surface area contributed by atoms with Crippen LogP contribution < -0.4 is 0 Å². The molecule has 2 aromatic rings. The van der Waals surface area contributed by atoms with Crippen molar-refractivity contribution < 1.29 is 4.79 Å². The SMILES string of the molecule is CN(C)C(=O)[C@]12CCCN(Cc3nccs3)C[C@H]1CN(Cc1cnn(C)c1)C2. The topological polar surface area (TPSA) is 57.5 Å². The lowest BCUT2D eigenvalue weighted by atomic mass is 9.74. The third kappa shape index (κ3) is 3.86. The van der Waals surface area contributed by atoms with Crippen molar-refractivity contribution in [1.82, 2.24) is 29.5 Å². The summed E-state index contributed by atoms with van der Waals surface area (Å²) in [6, 6.07) is 0. The maximum Gasteiger partial charge on any atom is 0.229 e. The van der Waals surface area contributed by atoms with E-state index < -0.39 is 0 Å². The van der Waals surface area contributed by atoms with E-state index in [1.807, 2.05) is 43.6 Å². The van der Waals surface area contributed by atoms with Gasteiger partial charge in [-0.15, -0.1) is 11.3 Å². The number of rotatable bonds is 5. The Morgan fingerprint density at radius 3 is 2.82 bits per heavy atom. The second-order valence-electron chi connectivity index (χ2n) is 8.51. The smallest absolute Gasteiger partial charge is 0.229 e. The first-order valence-corrected chi connectivity index (χ1v) is 10.9. The highest BCUT2D eigenvalue weighted by atomic mass is 32.1. The third-order valence-electron chi connectivity index (χ3n) is 6.18. The van der Waals surface area contributed by atoms with Crippen molar-refractivity contribution in [2.24, 2.45) is 18.4 Å². The Morgan fingerprint density at radius 2 is 2.14 bits per heavy atom. The molecule has 0 radical (unpaired) electrons. The van der Waals surface area contributed by atoms with Crippen LogP contribution >= 0.6 is 11.3 Å². The van der Waals surface area contributed by atoms with Crippen LogP contribution in [0.25, 0.3) is 0 Å². The summed E-state index contributed by atoms with van der Waals surface area (Å²) < 4.78 is 1.85. The molecule has 152 valence electrons. The molecule has 28 heavy (non-hydrogen) atoms. The van der Waals surface area contributed by atoms with Gasteiger partial charge in [0.2, 0.25) is 5.91 Å². The van der Waals surface area contributed by atoms with Crippen LogP contribution in [-0.2, 0) is 24.9 Å². The fourth-order valence-corrected chi connectivity index (χ4v) is 5.67. The lowest BCUT2D eigenvalue weighted by Crippen LogP contribution is -2.47. The van der Waals surface area contributed by atoms with E-state index in [1.165, 1.54) is 5.56 Å². The highest BCUT2D eigenvalue weighted by molar-refractivity contribution is 7.09. The molecule has 2 fully saturated rings. The van der Waals surface area contributed by atoms with Crippen molar-refractivity contribution in [3.63, 3.8) is 0 Å². The molecule has 7 nitrogen and oxygen atoms in total. The first-order chi connectivity index (χ1) is 13.5. The van der Waals surface area contributed by atoms with Gasteiger partial charge < -0.3 is 4.90 Å². The lowest BCUT2D eigenvalue weighted by molar-refractivity contribution is -0.141. The van der Waals surface area contributed by atoms with E-state index >= 15 is 0 Å². The number of fused-ring (bicyclic) bond motifs is 1.